The van der Waals surface area contributed by atoms with Crippen LogP contribution in [0.15, 0.2) is 47.3 Å². The summed E-state index contributed by atoms with van der Waals surface area (Å²) in [5.41, 5.74) is 1.47. The van der Waals surface area contributed by atoms with Gasteiger partial charge >= 0.3 is 6.03 Å². The van der Waals surface area contributed by atoms with Gasteiger partial charge in [0.15, 0.2) is 11.7 Å². The van der Waals surface area contributed by atoms with Crippen LogP contribution in [-0.2, 0) is 0 Å². The fraction of sp³-hybridized carbons (Fsp3) is 0.364. The predicted molar refractivity (Wildman–Crippen MR) is 114 cm³/mol. The minimum Gasteiger partial charge on any atom is -0.441 e. The van der Waals surface area contributed by atoms with Crippen molar-refractivity contribution in [1.82, 2.24) is 25.2 Å². The van der Waals surface area contributed by atoms with Crippen LogP contribution in [-0.4, -0.2) is 57.0 Å². The smallest absolute Gasteiger partial charge is 0.324 e. The molecule has 2 aliphatic heterocycles. The Balaban J connectivity index is 1.30. The molecule has 0 aliphatic carbocycles. The zero-order chi connectivity index (χ0) is 22.2. The van der Waals surface area contributed by atoms with Gasteiger partial charge < -0.3 is 14.6 Å². The van der Waals surface area contributed by atoms with Crippen LogP contribution in [0.3, 0.4) is 0 Å². The minimum absolute atomic E-state index is 0.0407. The number of piperidine rings is 1. The normalized spacial score (nSPS) is 22.1. The molecule has 0 radical (unpaired) electrons. The number of carbonyl (C=O) groups is 1. The molecule has 2 bridgehead atoms. The number of hydrogen-bond donors (Lipinski definition) is 2. The summed E-state index contributed by atoms with van der Waals surface area (Å²) in [5, 5.41) is 6.56. The fourth-order valence-corrected chi connectivity index (χ4v) is 4.38. The van der Waals surface area contributed by atoms with E-state index in [0.29, 0.717) is 35.8 Å². The van der Waals surface area contributed by atoms with Gasteiger partial charge in [0.2, 0.25) is 0 Å². The summed E-state index contributed by atoms with van der Waals surface area (Å²) in [4.78, 5) is 27.6. The van der Waals surface area contributed by atoms with Crippen molar-refractivity contribution in [3.05, 3.63) is 48.8 Å². The molecule has 2 aliphatic rings. The van der Waals surface area contributed by atoms with Gasteiger partial charge in [-0.2, -0.15) is 0 Å². The molecular formula is C22H22F2N6O2. The Bertz CT molecular complexity index is 1160. The third-order valence-corrected chi connectivity index (χ3v) is 5.83. The van der Waals surface area contributed by atoms with Crippen LogP contribution in [0.4, 0.5) is 19.4 Å². The van der Waals surface area contributed by atoms with Crippen LogP contribution in [0.25, 0.3) is 22.2 Å². The number of halogens is 2. The van der Waals surface area contributed by atoms with Crippen LogP contribution in [0, 0.1) is 6.92 Å². The van der Waals surface area contributed by atoms with Crippen LogP contribution >= 0.6 is 0 Å². The molecule has 0 saturated carbocycles. The molecule has 1 saturated heterocycles. The topological polar surface area (TPSA) is 96.2 Å². The zero-order valence-corrected chi connectivity index (χ0v) is 17.3. The number of fused-ring (bicyclic) bond motifs is 3. The zero-order valence-electron chi connectivity index (χ0n) is 17.3. The lowest BCUT2D eigenvalue weighted by Gasteiger charge is -2.39. The van der Waals surface area contributed by atoms with E-state index in [9.17, 15) is 13.6 Å². The van der Waals surface area contributed by atoms with Crippen molar-refractivity contribution in [1.29, 1.82) is 0 Å². The molecule has 0 spiro atoms. The fourth-order valence-electron chi connectivity index (χ4n) is 4.38. The van der Waals surface area contributed by atoms with E-state index in [0.717, 1.165) is 10.9 Å². The van der Waals surface area contributed by atoms with Gasteiger partial charge in [-0.15, -0.1) is 0 Å². The summed E-state index contributed by atoms with van der Waals surface area (Å²) in [5.74, 6) is 1.59. The van der Waals surface area contributed by atoms with E-state index < -0.39 is 6.43 Å². The number of nitrogens with zero attached hydrogens (tertiary/aromatic N) is 4. The van der Waals surface area contributed by atoms with Gasteiger partial charge in [0.05, 0.1) is 36.5 Å². The maximum absolute atomic E-state index is 13.0. The van der Waals surface area contributed by atoms with Crippen molar-refractivity contribution in [2.24, 2.45) is 0 Å². The molecule has 5 heterocycles. The summed E-state index contributed by atoms with van der Waals surface area (Å²) in [7, 11) is 0. The number of carbonyl (C=O) groups excluding carboxylic acids is 1. The molecule has 166 valence electrons. The number of aryl methyl sites for hydroxylation is 1. The van der Waals surface area contributed by atoms with Gasteiger partial charge in [0.1, 0.15) is 5.82 Å². The number of hydrogen-bond acceptors (Lipinski definition) is 6. The second kappa shape index (κ2) is 8.27. The Hall–Kier alpha value is -3.40. The first kappa shape index (κ1) is 20.5. The molecule has 10 heteroatoms. The van der Waals surface area contributed by atoms with E-state index in [1.165, 1.54) is 0 Å². The quantitative estimate of drug-likeness (QED) is 0.587. The van der Waals surface area contributed by atoms with Crippen LogP contribution < -0.4 is 10.6 Å². The highest BCUT2D eigenvalue weighted by atomic mass is 19.3. The Morgan fingerprint density at radius 3 is 2.62 bits per heavy atom. The third-order valence-electron chi connectivity index (χ3n) is 5.83. The van der Waals surface area contributed by atoms with E-state index in [1.54, 1.807) is 36.5 Å². The van der Waals surface area contributed by atoms with E-state index in [1.807, 2.05) is 18.2 Å². The Kier molecular flexibility index (Phi) is 5.30. The monoisotopic (exact) mass is 440 g/mol. The molecule has 1 fully saturated rings. The van der Waals surface area contributed by atoms with Gasteiger partial charge in [0, 0.05) is 30.1 Å². The average Bonchev–Trinajstić information content (AvgIpc) is 3.32. The van der Waals surface area contributed by atoms with E-state index >= 15 is 0 Å². The highest BCUT2D eigenvalue weighted by molar-refractivity contribution is 5.92. The second-order valence-electron chi connectivity index (χ2n) is 8.05. The number of anilines is 1. The highest BCUT2D eigenvalue weighted by Crippen LogP contribution is 2.31. The molecular weight excluding hydrogens is 418 g/mol. The number of urea groups is 1. The minimum atomic E-state index is -2.39. The Morgan fingerprint density at radius 1 is 1.16 bits per heavy atom. The summed E-state index contributed by atoms with van der Waals surface area (Å²) in [6, 6.07) is 3.10. The van der Waals surface area contributed by atoms with Crippen molar-refractivity contribution in [2.45, 2.75) is 44.3 Å². The van der Waals surface area contributed by atoms with E-state index in [4.69, 9.17) is 4.42 Å². The van der Waals surface area contributed by atoms with Gasteiger partial charge in [-0.3, -0.25) is 10.3 Å². The van der Waals surface area contributed by atoms with E-state index in [-0.39, 0.29) is 30.7 Å². The molecule has 5 rings (SSSR count). The maximum atomic E-state index is 13.0. The molecule has 32 heavy (non-hydrogen) atoms. The lowest BCUT2D eigenvalue weighted by atomic mass is 9.96. The SMILES string of the molecule is Cc1ncc(-c2cnc3cnc(NC(=O)N4C5C=C[C@H]4CC(NCC(F)F)C5)cc3c2)o1. The lowest BCUT2D eigenvalue weighted by molar-refractivity contribution is 0.120. The molecule has 8 nitrogen and oxygen atoms in total. The highest BCUT2D eigenvalue weighted by Gasteiger charge is 2.40. The number of amides is 2. The van der Waals surface area contributed by atoms with E-state index in [2.05, 4.69) is 25.6 Å². The van der Waals surface area contributed by atoms with Gasteiger partial charge in [-0.05, 0) is 25.0 Å². The predicted octanol–water partition coefficient (Wildman–Crippen LogP) is 3.75. The molecule has 2 amide bonds. The van der Waals surface area contributed by atoms with Crippen molar-refractivity contribution >= 4 is 22.8 Å². The van der Waals surface area contributed by atoms with Crippen molar-refractivity contribution in [3.8, 4) is 11.3 Å². The Labute approximate surface area is 182 Å². The summed E-state index contributed by atoms with van der Waals surface area (Å²) >= 11 is 0. The molecule has 3 aromatic rings. The largest absolute Gasteiger partial charge is 0.441 e. The lowest BCUT2D eigenvalue weighted by Crippen LogP contribution is -2.53. The average molecular weight is 440 g/mol. The van der Waals surface area contributed by atoms with Crippen molar-refractivity contribution < 1.29 is 18.0 Å². The maximum Gasteiger partial charge on any atom is 0.324 e. The van der Waals surface area contributed by atoms with Crippen LogP contribution in [0.1, 0.15) is 18.7 Å². The van der Waals surface area contributed by atoms with Crippen LogP contribution in [0.2, 0.25) is 0 Å². The van der Waals surface area contributed by atoms with Gasteiger partial charge in [-0.25, -0.2) is 23.5 Å². The standard InChI is InChI=1S/C22H22F2N6O2/c1-12-25-10-19(32-12)14-4-13-5-21(28-9-18(13)27-8-14)29-22(31)30-16-2-3-17(30)7-15(6-16)26-11-20(23)24/h2-5,8-10,15-17,20,26H,6-7,11H2,1H3,(H,28,29,31)/t15?,16-,17?/m0/s1. The number of rotatable bonds is 5. The third kappa shape index (κ3) is 4.05. The van der Waals surface area contributed by atoms with Gasteiger partial charge in [-0.1, -0.05) is 12.2 Å². The first-order chi connectivity index (χ1) is 15.5. The van der Waals surface area contributed by atoms with Gasteiger partial charge in [0.25, 0.3) is 6.43 Å². The first-order valence-electron chi connectivity index (χ1n) is 10.4. The summed E-state index contributed by atoms with van der Waals surface area (Å²) in [6.07, 6.45) is 7.69. The van der Waals surface area contributed by atoms with Crippen LogP contribution in [0.5, 0.6) is 0 Å². The first-order valence-corrected chi connectivity index (χ1v) is 10.4. The summed E-state index contributed by atoms with van der Waals surface area (Å²) in [6.45, 7) is 1.44. The number of oxazole rings is 1. The number of nitrogens with one attached hydrogen (secondary N) is 2. The molecule has 3 aromatic heterocycles. The Morgan fingerprint density at radius 2 is 1.94 bits per heavy atom. The molecule has 2 N–H and O–H groups in total. The van der Waals surface area contributed by atoms with Crippen molar-refractivity contribution in [2.75, 3.05) is 11.9 Å². The summed E-state index contributed by atoms with van der Waals surface area (Å²) < 4.78 is 30.6. The number of pyridine rings is 2. The molecule has 0 aromatic carbocycles. The number of alkyl halides is 2. The number of aromatic nitrogens is 3. The van der Waals surface area contributed by atoms with Crippen molar-refractivity contribution in [3.63, 3.8) is 0 Å². The molecule has 3 atom stereocenters. The second-order valence-corrected chi connectivity index (χ2v) is 8.05. The molecule has 2 unspecified atom stereocenters.